The Morgan fingerprint density at radius 3 is 2.94 bits per heavy atom. The van der Waals surface area contributed by atoms with E-state index in [1.807, 2.05) is 6.07 Å². The zero-order valence-corrected chi connectivity index (χ0v) is 11.1. The van der Waals surface area contributed by atoms with E-state index in [4.69, 9.17) is 9.47 Å². The zero-order chi connectivity index (χ0) is 11.5. The lowest BCUT2D eigenvalue weighted by Gasteiger charge is -2.26. The number of benzene rings is 1. The first kappa shape index (κ1) is 11.9. The van der Waals surface area contributed by atoms with Crippen molar-refractivity contribution >= 4 is 15.9 Å². The molecule has 1 aliphatic heterocycles. The van der Waals surface area contributed by atoms with E-state index in [1.165, 1.54) is 11.1 Å². The van der Waals surface area contributed by atoms with Crippen LogP contribution < -0.4 is 10.1 Å². The van der Waals surface area contributed by atoms with Gasteiger partial charge in [-0.2, -0.15) is 0 Å². The number of ether oxygens (including phenoxy) is 2. The molecule has 88 valence electrons. The Balaban J connectivity index is 2.33. The van der Waals surface area contributed by atoms with E-state index >= 15 is 0 Å². The molecule has 0 spiro atoms. The van der Waals surface area contributed by atoms with Gasteiger partial charge in [-0.15, -0.1) is 0 Å². The normalized spacial score (nSPS) is 20.8. The van der Waals surface area contributed by atoms with Crippen molar-refractivity contribution in [3.63, 3.8) is 0 Å². The van der Waals surface area contributed by atoms with Gasteiger partial charge in [-0.1, -0.05) is 15.9 Å². The molecule has 1 N–H and O–H groups in total. The summed E-state index contributed by atoms with van der Waals surface area (Å²) in [4.78, 5) is 0. The Hall–Kier alpha value is -0.580. The van der Waals surface area contributed by atoms with Crippen LogP contribution in [0.3, 0.4) is 0 Å². The minimum atomic E-state index is 0.125. The van der Waals surface area contributed by atoms with Crippen LogP contribution in [-0.2, 0) is 4.74 Å². The van der Waals surface area contributed by atoms with Crippen molar-refractivity contribution in [2.45, 2.75) is 13.0 Å². The average molecular weight is 286 g/mol. The highest BCUT2D eigenvalue weighted by molar-refractivity contribution is 9.10. The number of nitrogens with one attached hydrogen (secondary N) is 1. The number of hydrogen-bond donors (Lipinski definition) is 1. The third-order valence-corrected chi connectivity index (χ3v) is 3.69. The lowest BCUT2D eigenvalue weighted by atomic mass is 10.0. The van der Waals surface area contributed by atoms with E-state index in [2.05, 4.69) is 34.2 Å². The monoisotopic (exact) mass is 285 g/mol. The largest absolute Gasteiger partial charge is 0.497 e. The number of hydrogen-bond acceptors (Lipinski definition) is 3. The van der Waals surface area contributed by atoms with Gasteiger partial charge in [0.1, 0.15) is 5.75 Å². The quantitative estimate of drug-likeness (QED) is 0.905. The highest BCUT2D eigenvalue weighted by atomic mass is 79.9. The molecule has 1 aromatic rings. The van der Waals surface area contributed by atoms with E-state index in [1.54, 1.807) is 7.11 Å². The maximum Gasteiger partial charge on any atom is 0.120 e. The summed E-state index contributed by atoms with van der Waals surface area (Å²) in [7, 11) is 1.68. The predicted molar refractivity (Wildman–Crippen MR) is 67.0 cm³/mol. The SMILES string of the molecule is COc1cc(Br)c(C)c(C2CNCCO2)c1. The van der Waals surface area contributed by atoms with Crippen LogP contribution in [0.1, 0.15) is 17.2 Å². The van der Waals surface area contributed by atoms with Crippen LogP contribution in [0.5, 0.6) is 5.75 Å². The fraction of sp³-hybridized carbons (Fsp3) is 0.500. The van der Waals surface area contributed by atoms with Gasteiger partial charge in [-0.3, -0.25) is 0 Å². The molecule has 1 aliphatic rings. The van der Waals surface area contributed by atoms with Gasteiger partial charge in [-0.25, -0.2) is 0 Å². The molecule has 1 atom stereocenters. The van der Waals surface area contributed by atoms with Crippen LogP contribution in [-0.4, -0.2) is 26.8 Å². The Morgan fingerprint density at radius 1 is 1.50 bits per heavy atom. The molecule has 0 aromatic heterocycles. The summed E-state index contributed by atoms with van der Waals surface area (Å²) < 4.78 is 12.1. The van der Waals surface area contributed by atoms with Crippen LogP contribution >= 0.6 is 15.9 Å². The smallest absolute Gasteiger partial charge is 0.120 e. The van der Waals surface area contributed by atoms with E-state index in [0.717, 1.165) is 29.9 Å². The lowest BCUT2D eigenvalue weighted by Crippen LogP contribution is -2.33. The summed E-state index contributed by atoms with van der Waals surface area (Å²) in [5.74, 6) is 0.863. The summed E-state index contributed by atoms with van der Waals surface area (Å²) in [6, 6.07) is 4.03. The average Bonchev–Trinajstić information content (AvgIpc) is 2.33. The first-order valence-electron chi connectivity index (χ1n) is 5.38. The molecule has 3 nitrogen and oxygen atoms in total. The van der Waals surface area contributed by atoms with Crippen molar-refractivity contribution in [3.05, 3.63) is 27.7 Å². The van der Waals surface area contributed by atoms with Crippen LogP contribution in [0, 0.1) is 6.92 Å². The van der Waals surface area contributed by atoms with Crippen LogP contribution in [0.25, 0.3) is 0 Å². The highest BCUT2D eigenvalue weighted by Crippen LogP contribution is 2.32. The second-order valence-corrected chi connectivity index (χ2v) is 4.74. The highest BCUT2D eigenvalue weighted by Gasteiger charge is 2.19. The van der Waals surface area contributed by atoms with Gasteiger partial charge in [0.2, 0.25) is 0 Å². The van der Waals surface area contributed by atoms with Crippen LogP contribution in [0.15, 0.2) is 16.6 Å². The maximum absolute atomic E-state index is 5.76. The molecule has 0 saturated carbocycles. The van der Waals surface area contributed by atoms with Gasteiger partial charge in [0.15, 0.2) is 0 Å². The standard InChI is InChI=1S/C12H16BrNO2/c1-8-10(12-7-14-3-4-16-12)5-9(15-2)6-11(8)13/h5-6,12,14H,3-4,7H2,1-2H3. The van der Waals surface area contributed by atoms with Crippen LogP contribution in [0.2, 0.25) is 0 Å². The van der Waals surface area contributed by atoms with Gasteiger partial charge >= 0.3 is 0 Å². The van der Waals surface area contributed by atoms with Crippen molar-refractivity contribution < 1.29 is 9.47 Å². The Bertz CT molecular complexity index is 376. The third-order valence-electron chi connectivity index (χ3n) is 2.87. The molecule has 1 fully saturated rings. The molecular weight excluding hydrogens is 270 g/mol. The van der Waals surface area contributed by atoms with Crippen molar-refractivity contribution in [2.75, 3.05) is 26.8 Å². The Kier molecular flexibility index (Phi) is 3.84. The Morgan fingerprint density at radius 2 is 2.31 bits per heavy atom. The fourth-order valence-electron chi connectivity index (χ4n) is 1.89. The molecule has 1 heterocycles. The first-order valence-corrected chi connectivity index (χ1v) is 6.18. The number of halogens is 1. The van der Waals surface area contributed by atoms with Gasteiger partial charge in [0.05, 0.1) is 19.8 Å². The van der Waals surface area contributed by atoms with Gasteiger partial charge in [0.25, 0.3) is 0 Å². The molecule has 1 saturated heterocycles. The number of methoxy groups -OCH3 is 1. The molecule has 0 bridgehead atoms. The summed E-state index contributed by atoms with van der Waals surface area (Å²) in [6.45, 7) is 4.65. The second kappa shape index (κ2) is 5.17. The minimum absolute atomic E-state index is 0.125. The topological polar surface area (TPSA) is 30.5 Å². The van der Waals surface area contributed by atoms with Crippen LogP contribution in [0.4, 0.5) is 0 Å². The molecular formula is C12H16BrNO2. The molecule has 2 rings (SSSR count). The maximum atomic E-state index is 5.76. The number of rotatable bonds is 2. The van der Waals surface area contributed by atoms with Crippen molar-refractivity contribution in [1.82, 2.24) is 5.32 Å². The predicted octanol–water partition coefficient (Wildman–Crippen LogP) is 2.43. The van der Waals surface area contributed by atoms with Gasteiger partial charge in [0, 0.05) is 17.6 Å². The molecule has 0 amide bonds. The van der Waals surface area contributed by atoms with Crippen molar-refractivity contribution in [1.29, 1.82) is 0 Å². The molecule has 0 aliphatic carbocycles. The molecule has 4 heteroatoms. The fourth-order valence-corrected chi connectivity index (χ4v) is 2.35. The molecule has 1 unspecified atom stereocenters. The van der Waals surface area contributed by atoms with Crippen molar-refractivity contribution in [3.8, 4) is 5.75 Å². The van der Waals surface area contributed by atoms with Crippen molar-refractivity contribution in [2.24, 2.45) is 0 Å². The summed E-state index contributed by atoms with van der Waals surface area (Å²) >= 11 is 3.55. The number of morpholine rings is 1. The second-order valence-electron chi connectivity index (χ2n) is 3.89. The van der Waals surface area contributed by atoms with Gasteiger partial charge in [-0.05, 0) is 30.2 Å². The van der Waals surface area contributed by atoms with E-state index in [0.29, 0.717) is 0 Å². The summed E-state index contributed by atoms with van der Waals surface area (Å²) in [6.07, 6.45) is 0.125. The van der Waals surface area contributed by atoms with E-state index in [-0.39, 0.29) is 6.10 Å². The summed E-state index contributed by atoms with van der Waals surface area (Å²) in [5, 5.41) is 3.34. The molecule has 16 heavy (non-hydrogen) atoms. The van der Waals surface area contributed by atoms with Gasteiger partial charge < -0.3 is 14.8 Å². The Labute approximate surface area is 104 Å². The van der Waals surface area contributed by atoms with E-state index in [9.17, 15) is 0 Å². The summed E-state index contributed by atoms with van der Waals surface area (Å²) in [5.41, 5.74) is 2.41. The first-order chi connectivity index (χ1) is 7.72. The molecule has 1 aromatic carbocycles. The molecule has 0 radical (unpaired) electrons. The zero-order valence-electron chi connectivity index (χ0n) is 9.55. The van der Waals surface area contributed by atoms with E-state index < -0.39 is 0 Å². The minimum Gasteiger partial charge on any atom is -0.497 e. The third kappa shape index (κ3) is 2.39. The lowest BCUT2D eigenvalue weighted by molar-refractivity contribution is 0.0271.